The van der Waals surface area contributed by atoms with Crippen molar-refractivity contribution in [1.29, 1.82) is 0 Å². The fraction of sp³-hybridized carbons (Fsp3) is 0.100. The van der Waals surface area contributed by atoms with Gasteiger partial charge in [-0.25, -0.2) is 0 Å². The lowest BCUT2D eigenvalue weighted by atomic mass is 10.1. The molecule has 1 amide bonds. The maximum absolute atomic E-state index is 13.0. The predicted octanol–water partition coefficient (Wildman–Crippen LogP) is 5.98. The normalized spacial score (nSPS) is 11.3. The van der Waals surface area contributed by atoms with E-state index in [0.717, 1.165) is 12.1 Å². The molecule has 3 aromatic rings. The number of hydrogen-bond acceptors (Lipinski definition) is 2. The maximum atomic E-state index is 13.0. The first kappa shape index (κ1) is 18.9. The lowest BCUT2D eigenvalue weighted by molar-refractivity contribution is -0.137. The second kappa shape index (κ2) is 7.40. The van der Waals surface area contributed by atoms with Crippen molar-refractivity contribution in [3.63, 3.8) is 0 Å². The van der Waals surface area contributed by atoms with E-state index in [1.807, 2.05) is 0 Å². The van der Waals surface area contributed by atoms with Gasteiger partial charge < -0.3 is 5.32 Å². The van der Waals surface area contributed by atoms with E-state index < -0.39 is 11.7 Å². The largest absolute Gasteiger partial charge is 0.416 e. The van der Waals surface area contributed by atoms with Gasteiger partial charge >= 0.3 is 6.18 Å². The topological polar surface area (TPSA) is 42.0 Å². The average Bonchev–Trinajstić information content (AvgIpc) is 2.62. The van der Waals surface area contributed by atoms with Gasteiger partial charge in [-0.15, -0.1) is 0 Å². The summed E-state index contributed by atoms with van der Waals surface area (Å²) in [6, 6.07) is 14.9. The van der Waals surface area contributed by atoms with Crippen LogP contribution >= 0.6 is 11.6 Å². The standard InChI is InChI=1S/C20H14ClF3N2O/c1-12-10-15(20(22,23)24)11-18(25-12)13-2-4-14(5-3-13)19(27)26-17-8-6-16(21)7-9-17/h2-11H,1H3,(H,26,27). The molecule has 1 heterocycles. The molecular formula is C20H14ClF3N2O. The first-order chi connectivity index (χ1) is 12.7. The zero-order valence-electron chi connectivity index (χ0n) is 14.1. The molecule has 0 aliphatic carbocycles. The summed E-state index contributed by atoms with van der Waals surface area (Å²) in [7, 11) is 0. The molecule has 3 nitrogen and oxygen atoms in total. The fourth-order valence-corrected chi connectivity index (χ4v) is 2.63. The summed E-state index contributed by atoms with van der Waals surface area (Å²) < 4.78 is 38.9. The van der Waals surface area contributed by atoms with Gasteiger partial charge in [0.1, 0.15) is 0 Å². The van der Waals surface area contributed by atoms with Gasteiger partial charge in [0.25, 0.3) is 5.91 Å². The van der Waals surface area contributed by atoms with Crippen molar-refractivity contribution < 1.29 is 18.0 Å². The summed E-state index contributed by atoms with van der Waals surface area (Å²) in [5.74, 6) is -0.336. The Balaban J connectivity index is 1.82. The minimum atomic E-state index is -4.44. The van der Waals surface area contributed by atoms with Gasteiger partial charge in [0.2, 0.25) is 0 Å². The minimum absolute atomic E-state index is 0.201. The second-order valence-electron chi connectivity index (χ2n) is 5.92. The second-order valence-corrected chi connectivity index (χ2v) is 6.36. The zero-order valence-corrected chi connectivity index (χ0v) is 14.9. The average molecular weight is 391 g/mol. The van der Waals surface area contributed by atoms with Crippen molar-refractivity contribution in [3.05, 3.63) is 82.5 Å². The number of pyridine rings is 1. The lowest BCUT2D eigenvalue weighted by Gasteiger charge is -2.10. The first-order valence-corrected chi connectivity index (χ1v) is 8.33. The number of aryl methyl sites for hydroxylation is 1. The Labute approximate surface area is 158 Å². The number of anilines is 1. The number of nitrogens with one attached hydrogen (secondary N) is 1. The number of halogens is 4. The van der Waals surface area contributed by atoms with Crippen LogP contribution in [0.15, 0.2) is 60.7 Å². The van der Waals surface area contributed by atoms with Crippen LogP contribution in [0.25, 0.3) is 11.3 Å². The highest BCUT2D eigenvalue weighted by molar-refractivity contribution is 6.30. The number of aromatic nitrogens is 1. The molecule has 138 valence electrons. The van der Waals surface area contributed by atoms with Gasteiger partial charge in [-0.1, -0.05) is 23.7 Å². The third kappa shape index (κ3) is 4.65. The van der Waals surface area contributed by atoms with E-state index in [1.54, 1.807) is 36.4 Å². The number of amides is 1. The Kier molecular flexibility index (Phi) is 5.19. The third-order valence-corrected chi connectivity index (χ3v) is 4.08. The Morgan fingerprint density at radius 3 is 2.22 bits per heavy atom. The SMILES string of the molecule is Cc1cc(C(F)(F)F)cc(-c2ccc(C(=O)Nc3ccc(Cl)cc3)cc2)n1. The van der Waals surface area contributed by atoms with Gasteiger partial charge in [-0.3, -0.25) is 9.78 Å². The van der Waals surface area contributed by atoms with Crippen LogP contribution in [0.3, 0.4) is 0 Å². The smallest absolute Gasteiger partial charge is 0.322 e. The molecule has 2 aromatic carbocycles. The number of hydrogen-bond donors (Lipinski definition) is 1. The first-order valence-electron chi connectivity index (χ1n) is 7.95. The van der Waals surface area contributed by atoms with Gasteiger partial charge in [-0.2, -0.15) is 13.2 Å². The van der Waals surface area contributed by atoms with Crippen molar-refractivity contribution in [1.82, 2.24) is 4.98 Å². The van der Waals surface area contributed by atoms with E-state index in [-0.39, 0.29) is 17.3 Å². The van der Waals surface area contributed by atoms with Crippen LogP contribution in [0, 0.1) is 6.92 Å². The Bertz CT molecular complexity index is 968. The molecule has 7 heteroatoms. The van der Waals surface area contributed by atoms with Gasteiger partial charge in [0, 0.05) is 27.5 Å². The number of benzene rings is 2. The van der Waals surface area contributed by atoms with Crippen LogP contribution in [0.2, 0.25) is 5.02 Å². The molecule has 0 saturated carbocycles. The van der Waals surface area contributed by atoms with Crippen LogP contribution in [-0.2, 0) is 6.18 Å². The van der Waals surface area contributed by atoms with Crippen molar-refractivity contribution in [2.24, 2.45) is 0 Å². The van der Waals surface area contributed by atoms with Crippen molar-refractivity contribution in [2.45, 2.75) is 13.1 Å². The molecule has 1 N–H and O–H groups in total. The molecule has 0 bridgehead atoms. The maximum Gasteiger partial charge on any atom is 0.416 e. The summed E-state index contributed by atoms with van der Waals surface area (Å²) in [6.07, 6.45) is -4.44. The number of rotatable bonds is 3. The third-order valence-electron chi connectivity index (χ3n) is 3.83. The Morgan fingerprint density at radius 1 is 1.00 bits per heavy atom. The highest BCUT2D eigenvalue weighted by atomic mass is 35.5. The number of alkyl halides is 3. The molecule has 27 heavy (non-hydrogen) atoms. The molecule has 0 saturated heterocycles. The van der Waals surface area contributed by atoms with Gasteiger partial charge in [-0.05, 0) is 55.5 Å². The molecular weight excluding hydrogens is 377 g/mol. The van der Waals surface area contributed by atoms with Crippen LogP contribution in [-0.4, -0.2) is 10.9 Å². The van der Waals surface area contributed by atoms with E-state index in [9.17, 15) is 18.0 Å². The van der Waals surface area contributed by atoms with Crippen molar-refractivity contribution in [2.75, 3.05) is 5.32 Å². The predicted molar refractivity (Wildman–Crippen MR) is 98.8 cm³/mol. The Morgan fingerprint density at radius 2 is 1.63 bits per heavy atom. The molecule has 0 unspecified atom stereocenters. The minimum Gasteiger partial charge on any atom is -0.322 e. The molecule has 0 spiro atoms. The fourth-order valence-electron chi connectivity index (χ4n) is 2.51. The van der Waals surface area contributed by atoms with Crippen LogP contribution < -0.4 is 5.32 Å². The van der Waals surface area contributed by atoms with E-state index in [4.69, 9.17) is 11.6 Å². The van der Waals surface area contributed by atoms with Crippen LogP contribution in [0.5, 0.6) is 0 Å². The molecule has 0 atom stereocenters. The molecule has 0 fully saturated rings. The lowest BCUT2D eigenvalue weighted by Crippen LogP contribution is -2.11. The Hall–Kier alpha value is -2.86. The monoisotopic (exact) mass is 390 g/mol. The number of nitrogens with zero attached hydrogens (tertiary/aromatic N) is 1. The van der Waals surface area contributed by atoms with E-state index in [1.165, 1.54) is 19.1 Å². The number of carbonyl (C=O) groups is 1. The molecule has 1 aromatic heterocycles. The summed E-state index contributed by atoms with van der Waals surface area (Å²) in [4.78, 5) is 16.4. The zero-order chi connectivity index (χ0) is 19.6. The molecule has 3 rings (SSSR count). The van der Waals surface area contributed by atoms with Crippen molar-refractivity contribution in [3.8, 4) is 11.3 Å². The van der Waals surface area contributed by atoms with Crippen LogP contribution in [0.1, 0.15) is 21.6 Å². The summed E-state index contributed by atoms with van der Waals surface area (Å²) in [5, 5.41) is 3.28. The summed E-state index contributed by atoms with van der Waals surface area (Å²) >= 11 is 5.80. The highest BCUT2D eigenvalue weighted by Gasteiger charge is 2.31. The van der Waals surface area contributed by atoms with E-state index >= 15 is 0 Å². The van der Waals surface area contributed by atoms with E-state index in [0.29, 0.717) is 21.8 Å². The molecule has 0 aliphatic heterocycles. The van der Waals surface area contributed by atoms with E-state index in [2.05, 4.69) is 10.3 Å². The molecule has 0 aliphatic rings. The number of carbonyl (C=O) groups excluding carboxylic acids is 1. The van der Waals surface area contributed by atoms with Crippen LogP contribution in [0.4, 0.5) is 18.9 Å². The molecule has 0 radical (unpaired) electrons. The van der Waals surface area contributed by atoms with Gasteiger partial charge in [0.05, 0.1) is 11.3 Å². The quantitative estimate of drug-likeness (QED) is 0.597. The summed E-state index contributed by atoms with van der Waals surface area (Å²) in [5.41, 5.74) is 1.17. The van der Waals surface area contributed by atoms with Crippen molar-refractivity contribution >= 4 is 23.2 Å². The summed E-state index contributed by atoms with van der Waals surface area (Å²) in [6.45, 7) is 1.51. The van der Waals surface area contributed by atoms with Gasteiger partial charge in [0.15, 0.2) is 0 Å². The highest BCUT2D eigenvalue weighted by Crippen LogP contribution is 2.32.